The number of nitrogens with zero attached hydrogens (tertiary/aromatic N) is 2. The minimum atomic E-state index is -0.110. The average Bonchev–Trinajstić information content (AvgIpc) is 2.92. The van der Waals surface area contributed by atoms with Gasteiger partial charge < -0.3 is 4.74 Å². The Hall–Kier alpha value is -4.88. The van der Waals surface area contributed by atoms with E-state index < -0.39 is 0 Å². The second kappa shape index (κ2) is 10.2. The van der Waals surface area contributed by atoms with Crippen LogP contribution < -0.4 is 10.3 Å². The molecule has 0 saturated heterocycles. The van der Waals surface area contributed by atoms with E-state index in [1.165, 1.54) is 0 Å². The maximum absolute atomic E-state index is 13.6. The van der Waals surface area contributed by atoms with E-state index in [0.29, 0.717) is 16.7 Å². The first kappa shape index (κ1) is 22.9. The van der Waals surface area contributed by atoms with E-state index in [0.717, 1.165) is 33.7 Å². The molecule has 0 fully saturated rings. The Bertz CT molecular complexity index is 1690. The zero-order valence-electron chi connectivity index (χ0n) is 20.1. The Labute approximate surface area is 210 Å². The van der Waals surface area contributed by atoms with Gasteiger partial charge in [0.2, 0.25) is 0 Å². The predicted octanol–water partition coefficient (Wildman–Crippen LogP) is 6.27. The quantitative estimate of drug-likeness (QED) is 0.292. The van der Waals surface area contributed by atoms with Gasteiger partial charge in [-0.25, -0.2) is 4.98 Å². The fraction of sp³-hybridized carbons (Fsp3) is 0.0625. The Morgan fingerprint density at radius 2 is 1.53 bits per heavy atom. The lowest BCUT2D eigenvalue weighted by atomic mass is 10.1. The first-order valence-electron chi connectivity index (χ1n) is 11.6. The van der Waals surface area contributed by atoms with Crippen molar-refractivity contribution in [3.05, 3.63) is 135 Å². The molecule has 0 unspecified atom stereocenters. The first-order valence-corrected chi connectivity index (χ1v) is 11.6. The van der Waals surface area contributed by atoms with Gasteiger partial charge in [0.25, 0.3) is 5.56 Å². The normalized spacial score (nSPS) is 10.8. The number of benzene rings is 4. The zero-order valence-corrected chi connectivity index (χ0v) is 20.1. The van der Waals surface area contributed by atoms with E-state index in [1.807, 2.05) is 116 Å². The van der Waals surface area contributed by atoms with Crippen LogP contribution in [-0.2, 0) is 0 Å². The minimum Gasteiger partial charge on any atom is -0.497 e. The van der Waals surface area contributed by atoms with Gasteiger partial charge in [-0.1, -0.05) is 60.4 Å². The van der Waals surface area contributed by atoms with Crippen molar-refractivity contribution in [1.82, 2.24) is 9.55 Å². The number of rotatable bonds is 4. The van der Waals surface area contributed by atoms with Crippen LogP contribution in [0.4, 0.5) is 0 Å². The van der Waals surface area contributed by atoms with E-state index in [2.05, 4.69) is 11.8 Å². The molecule has 174 valence electrons. The molecule has 0 spiro atoms. The number of ether oxygens (including phenoxy) is 1. The fourth-order valence-corrected chi connectivity index (χ4v) is 4.03. The van der Waals surface area contributed by atoms with Crippen LogP contribution in [0.2, 0.25) is 0 Å². The molecule has 0 aliphatic rings. The van der Waals surface area contributed by atoms with Gasteiger partial charge in [-0.05, 0) is 78.7 Å². The van der Waals surface area contributed by atoms with Crippen LogP contribution in [0.3, 0.4) is 0 Å². The molecule has 0 bridgehead atoms. The number of methoxy groups -OCH3 is 1. The molecule has 0 atom stereocenters. The van der Waals surface area contributed by atoms with Gasteiger partial charge in [0.15, 0.2) is 0 Å². The summed E-state index contributed by atoms with van der Waals surface area (Å²) in [5, 5.41) is 0.575. The van der Waals surface area contributed by atoms with Crippen LogP contribution >= 0.6 is 0 Å². The van der Waals surface area contributed by atoms with E-state index in [-0.39, 0.29) is 5.56 Å². The van der Waals surface area contributed by atoms with Gasteiger partial charge in [-0.2, -0.15) is 0 Å². The van der Waals surface area contributed by atoms with Gasteiger partial charge in [-0.15, -0.1) is 0 Å². The summed E-state index contributed by atoms with van der Waals surface area (Å²) in [6.45, 7) is 1.99. The van der Waals surface area contributed by atoms with E-state index in [9.17, 15) is 4.79 Å². The van der Waals surface area contributed by atoms with Gasteiger partial charge in [0, 0.05) is 11.1 Å². The SMILES string of the molecule is COc1ccc(C=Cc2nc3ccccc3c(=O)n2-c2ccc(C#Cc3ccccc3)cc2C)cc1. The fourth-order valence-electron chi connectivity index (χ4n) is 4.03. The van der Waals surface area contributed by atoms with Gasteiger partial charge >= 0.3 is 0 Å². The first-order chi connectivity index (χ1) is 17.6. The average molecular weight is 469 g/mol. The van der Waals surface area contributed by atoms with Crippen molar-refractivity contribution in [2.45, 2.75) is 6.92 Å². The molecule has 36 heavy (non-hydrogen) atoms. The van der Waals surface area contributed by atoms with Crippen LogP contribution in [0.25, 0.3) is 28.7 Å². The topological polar surface area (TPSA) is 44.1 Å². The molecule has 0 saturated carbocycles. The summed E-state index contributed by atoms with van der Waals surface area (Å²) in [4.78, 5) is 18.5. The zero-order chi connectivity index (χ0) is 24.9. The lowest BCUT2D eigenvalue weighted by molar-refractivity contribution is 0.415. The van der Waals surface area contributed by atoms with Crippen LogP contribution in [0.1, 0.15) is 28.1 Å². The van der Waals surface area contributed by atoms with Crippen molar-refractivity contribution in [2.24, 2.45) is 0 Å². The van der Waals surface area contributed by atoms with Crippen LogP contribution in [-0.4, -0.2) is 16.7 Å². The summed E-state index contributed by atoms with van der Waals surface area (Å²) in [5.41, 5.74) is 5.09. The van der Waals surface area contributed by atoms with Crippen molar-refractivity contribution in [1.29, 1.82) is 0 Å². The van der Waals surface area contributed by atoms with Crippen LogP contribution in [0.5, 0.6) is 5.75 Å². The lowest BCUT2D eigenvalue weighted by Gasteiger charge is -2.14. The van der Waals surface area contributed by atoms with E-state index >= 15 is 0 Å². The summed E-state index contributed by atoms with van der Waals surface area (Å²) >= 11 is 0. The van der Waals surface area contributed by atoms with Crippen molar-refractivity contribution in [2.75, 3.05) is 7.11 Å². The molecule has 4 heteroatoms. The molecular formula is C32H24N2O2. The summed E-state index contributed by atoms with van der Waals surface area (Å²) in [6, 6.07) is 30.9. The molecular weight excluding hydrogens is 444 g/mol. The van der Waals surface area contributed by atoms with Crippen molar-refractivity contribution in [3.8, 4) is 23.3 Å². The molecule has 4 nitrogen and oxygen atoms in total. The number of hydrogen-bond acceptors (Lipinski definition) is 3. The number of para-hydroxylation sites is 1. The maximum atomic E-state index is 13.6. The molecule has 4 aromatic carbocycles. The maximum Gasteiger partial charge on any atom is 0.266 e. The van der Waals surface area contributed by atoms with Crippen molar-refractivity contribution < 1.29 is 4.74 Å². The predicted molar refractivity (Wildman–Crippen MR) is 146 cm³/mol. The molecule has 0 aliphatic heterocycles. The van der Waals surface area contributed by atoms with Gasteiger partial charge in [0.05, 0.1) is 23.7 Å². The second-order valence-electron chi connectivity index (χ2n) is 8.35. The summed E-state index contributed by atoms with van der Waals surface area (Å²) in [7, 11) is 1.64. The van der Waals surface area contributed by atoms with Gasteiger partial charge in [-0.3, -0.25) is 9.36 Å². The summed E-state index contributed by atoms with van der Waals surface area (Å²) in [6.07, 6.45) is 3.82. The van der Waals surface area contributed by atoms with E-state index in [1.54, 1.807) is 11.7 Å². The Kier molecular flexibility index (Phi) is 6.46. The molecule has 0 aliphatic carbocycles. The third-order valence-corrected chi connectivity index (χ3v) is 5.90. The van der Waals surface area contributed by atoms with E-state index in [4.69, 9.17) is 9.72 Å². The Morgan fingerprint density at radius 3 is 2.28 bits per heavy atom. The van der Waals surface area contributed by atoms with Crippen LogP contribution in [0.15, 0.2) is 102 Å². The highest BCUT2D eigenvalue weighted by molar-refractivity contribution is 5.80. The lowest BCUT2D eigenvalue weighted by Crippen LogP contribution is -2.23. The monoisotopic (exact) mass is 468 g/mol. The largest absolute Gasteiger partial charge is 0.497 e. The third kappa shape index (κ3) is 4.82. The number of fused-ring (bicyclic) bond motifs is 1. The highest BCUT2D eigenvalue weighted by Crippen LogP contribution is 2.20. The number of hydrogen-bond donors (Lipinski definition) is 0. The molecule has 0 N–H and O–H groups in total. The van der Waals surface area contributed by atoms with Gasteiger partial charge in [0.1, 0.15) is 11.6 Å². The third-order valence-electron chi connectivity index (χ3n) is 5.90. The molecule has 5 rings (SSSR count). The Morgan fingerprint density at radius 1 is 0.806 bits per heavy atom. The highest BCUT2D eigenvalue weighted by atomic mass is 16.5. The summed E-state index contributed by atoms with van der Waals surface area (Å²) in [5.74, 6) is 7.75. The van der Waals surface area contributed by atoms with Crippen molar-refractivity contribution >= 4 is 23.1 Å². The van der Waals surface area contributed by atoms with Crippen molar-refractivity contribution in [3.63, 3.8) is 0 Å². The smallest absolute Gasteiger partial charge is 0.266 e. The minimum absolute atomic E-state index is 0.110. The second-order valence-corrected chi connectivity index (χ2v) is 8.35. The number of aromatic nitrogens is 2. The standard InChI is InChI=1S/C32H24N2O2/c1-23-22-26(13-12-24-8-4-3-5-9-24)16-20-30(23)34-31(21-17-25-14-18-27(36-2)19-15-25)33-29-11-7-6-10-28(29)32(34)35/h3-11,14-22H,1-2H3. The Balaban J connectivity index is 1.60. The molecule has 1 aromatic heterocycles. The molecule has 1 heterocycles. The van der Waals surface area contributed by atoms with Crippen LogP contribution in [0, 0.1) is 18.8 Å². The molecule has 0 amide bonds. The highest BCUT2D eigenvalue weighted by Gasteiger charge is 2.13. The number of aryl methyl sites for hydroxylation is 1. The summed E-state index contributed by atoms with van der Waals surface area (Å²) < 4.78 is 6.92. The molecule has 5 aromatic rings. The molecule has 0 radical (unpaired) electrons.